The van der Waals surface area contributed by atoms with Gasteiger partial charge < -0.3 is 19.9 Å². The zero-order valence-corrected chi connectivity index (χ0v) is 15.2. The van der Waals surface area contributed by atoms with Gasteiger partial charge in [0.05, 0.1) is 30.1 Å². The molecule has 2 bridgehead atoms. The van der Waals surface area contributed by atoms with Gasteiger partial charge in [0.15, 0.2) is 0 Å². The van der Waals surface area contributed by atoms with Crippen LogP contribution in [0.5, 0.6) is 5.75 Å². The van der Waals surface area contributed by atoms with E-state index in [1.165, 1.54) is 0 Å². The van der Waals surface area contributed by atoms with Gasteiger partial charge in [-0.2, -0.15) is 5.26 Å². The molecule has 2 fully saturated rings. The minimum Gasteiger partial charge on any atom is -0.493 e. The smallest absolute Gasteiger partial charge is 0.404 e. The molecule has 0 saturated carbocycles. The summed E-state index contributed by atoms with van der Waals surface area (Å²) in [7, 11) is 0. The van der Waals surface area contributed by atoms with E-state index >= 15 is 0 Å². The maximum Gasteiger partial charge on any atom is 0.404 e. The lowest BCUT2D eigenvalue weighted by molar-refractivity contribution is -0.0597. The number of ether oxygens (including phenoxy) is 2. The van der Waals surface area contributed by atoms with Crippen LogP contribution in [0.25, 0.3) is 11.3 Å². The summed E-state index contributed by atoms with van der Waals surface area (Å²) in [5.41, 5.74) is 2.24. The summed E-state index contributed by atoms with van der Waals surface area (Å²) in [6.45, 7) is 0.400. The van der Waals surface area contributed by atoms with Gasteiger partial charge in [-0.3, -0.25) is 4.98 Å². The largest absolute Gasteiger partial charge is 0.493 e. The number of benzene rings is 1. The fraction of sp³-hybridized carbons (Fsp3) is 0.381. The first-order chi connectivity index (χ1) is 13.6. The van der Waals surface area contributed by atoms with Gasteiger partial charge in [0, 0.05) is 23.7 Å². The predicted octanol–water partition coefficient (Wildman–Crippen LogP) is 3.20. The number of nitrogens with zero attached hydrogens (tertiary/aromatic N) is 2. The minimum atomic E-state index is -1.00. The monoisotopic (exact) mass is 379 g/mol. The van der Waals surface area contributed by atoms with Gasteiger partial charge in [0.25, 0.3) is 0 Å². The molecule has 0 spiro atoms. The van der Waals surface area contributed by atoms with E-state index in [0.717, 1.165) is 24.1 Å². The number of amides is 1. The van der Waals surface area contributed by atoms with Gasteiger partial charge in [-0.1, -0.05) is 0 Å². The van der Waals surface area contributed by atoms with E-state index in [2.05, 4.69) is 16.4 Å². The molecule has 4 atom stereocenters. The van der Waals surface area contributed by atoms with Crippen molar-refractivity contribution in [3.05, 3.63) is 48.2 Å². The van der Waals surface area contributed by atoms with Gasteiger partial charge in [-0.25, -0.2) is 4.79 Å². The Labute approximate surface area is 162 Å². The van der Waals surface area contributed by atoms with Crippen LogP contribution >= 0.6 is 0 Å². The van der Waals surface area contributed by atoms with Gasteiger partial charge >= 0.3 is 6.09 Å². The van der Waals surface area contributed by atoms with Crippen molar-refractivity contribution < 1.29 is 19.4 Å². The van der Waals surface area contributed by atoms with E-state index in [9.17, 15) is 4.79 Å². The van der Waals surface area contributed by atoms with Crippen LogP contribution in [0.3, 0.4) is 0 Å². The first-order valence-electron chi connectivity index (χ1n) is 9.36. The number of hydrogen-bond donors (Lipinski definition) is 2. The summed E-state index contributed by atoms with van der Waals surface area (Å²) in [5.74, 6) is 0.710. The van der Waals surface area contributed by atoms with E-state index < -0.39 is 6.09 Å². The summed E-state index contributed by atoms with van der Waals surface area (Å²) in [4.78, 5) is 15.4. The van der Waals surface area contributed by atoms with E-state index in [1.54, 1.807) is 12.3 Å². The summed E-state index contributed by atoms with van der Waals surface area (Å²) < 4.78 is 11.9. The molecular weight excluding hydrogens is 358 g/mol. The highest BCUT2D eigenvalue weighted by Gasteiger charge is 2.43. The molecule has 2 aromatic rings. The Hall–Kier alpha value is -3.11. The van der Waals surface area contributed by atoms with Crippen LogP contribution in [0.4, 0.5) is 4.79 Å². The molecule has 3 heterocycles. The van der Waals surface area contributed by atoms with Gasteiger partial charge in [-0.15, -0.1) is 0 Å². The number of nitriles is 1. The van der Waals surface area contributed by atoms with Crippen molar-refractivity contribution in [3.63, 3.8) is 0 Å². The normalized spacial score (nSPS) is 25.7. The lowest BCUT2D eigenvalue weighted by Gasteiger charge is -2.36. The standard InChI is InChI=1S/C21H21N3O4/c22-10-13-1-7-18(23-11-13)14-2-4-15(5-3-14)27-12-17-19(24-21(25)26)9-16-6-8-20(17)28-16/h1-5,7,11,16-17,19-20,24H,6,8-9,12H2,(H,25,26)/t16-,17+,19+,20-/m1/s1. The first-order valence-corrected chi connectivity index (χ1v) is 9.36. The molecule has 2 N–H and O–H groups in total. The van der Waals surface area contributed by atoms with E-state index in [4.69, 9.17) is 19.8 Å². The van der Waals surface area contributed by atoms with Crippen LogP contribution in [0, 0.1) is 17.2 Å². The second-order valence-electron chi connectivity index (χ2n) is 7.21. The Kier molecular flexibility index (Phi) is 5.13. The molecule has 7 heteroatoms. The van der Waals surface area contributed by atoms with Crippen LogP contribution in [0.2, 0.25) is 0 Å². The number of nitrogens with one attached hydrogen (secondary N) is 1. The molecule has 1 aromatic heterocycles. The second-order valence-corrected chi connectivity index (χ2v) is 7.21. The molecule has 1 amide bonds. The molecule has 4 rings (SSSR count). The zero-order valence-electron chi connectivity index (χ0n) is 15.2. The quantitative estimate of drug-likeness (QED) is 0.827. The number of pyridine rings is 1. The van der Waals surface area contributed by atoms with E-state index in [0.29, 0.717) is 24.3 Å². The summed E-state index contributed by atoms with van der Waals surface area (Å²) in [6.07, 6.45) is 3.35. The Morgan fingerprint density at radius 3 is 2.79 bits per heavy atom. The maximum atomic E-state index is 11.1. The fourth-order valence-corrected chi connectivity index (χ4v) is 4.03. The third kappa shape index (κ3) is 3.92. The fourth-order valence-electron chi connectivity index (χ4n) is 4.03. The van der Waals surface area contributed by atoms with E-state index in [1.807, 2.05) is 30.3 Å². The molecule has 0 unspecified atom stereocenters. The van der Waals surface area contributed by atoms with Crippen molar-refractivity contribution in [1.29, 1.82) is 5.26 Å². The Bertz CT molecular complexity index is 876. The molecule has 0 aliphatic carbocycles. The van der Waals surface area contributed by atoms with Crippen LogP contribution in [-0.4, -0.2) is 41.0 Å². The van der Waals surface area contributed by atoms with Crippen molar-refractivity contribution in [2.24, 2.45) is 5.92 Å². The van der Waals surface area contributed by atoms with Crippen molar-refractivity contribution in [3.8, 4) is 23.1 Å². The lowest BCUT2D eigenvalue weighted by Crippen LogP contribution is -2.50. The first kappa shape index (κ1) is 18.3. The highest BCUT2D eigenvalue weighted by atomic mass is 16.5. The zero-order chi connectivity index (χ0) is 19.5. The Morgan fingerprint density at radius 1 is 1.29 bits per heavy atom. The molecular formula is C21H21N3O4. The molecule has 7 nitrogen and oxygen atoms in total. The number of aromatic nitrogens is 1. The number of fused-ring (bicyclic) bond motifs is 2. The number of hydrogen-bond acceptors (Lipinski definition) is 5. The maximum absolute atomic E-state index is 11.1. The summed E-state index contributed by atoms with van der Waals surface area (Å²) in [6, 6.07) is 13.0. The third-order valence-corrected chi connectivity index (χ3v) is 5.45. The average molecular weight is 379 g/mol. The number of carboxylic acid groups (broad SMARTS) is 1. The SMILES string of the molecule is N#Cc1ccc(-c2ccc(OC[C@H]3[C@@H](NC(=O)O)C[C@H]4CC[C@H]3O4)cc2)nc1. The lowest BCUT2D eigenvalue weighted by atomic mass is 9.90. The molecule has 0 radical (unpaired) electrons. The Balaban J connectivity index is 1.41. The third-order valence-electron chi connectivity index (χ3n) is 5.45. The average Bonchev–Trinajstić information content (AvgIpc) is 3.10. The van der Waals surface area contributed by atoms with Crippen molar-refractivity contribution in [1.82, 2.24) is 10.3 Å². The molecule has 2 saturated heterocycles. The van der Waals surface area contributed by atoms with Crippen LogP contribution in [-0.2, 0) is 4.74 Å². The highest BCUT2D eigenvalue weighted by Crippen LogP contribution is 2.37. The van der Waals surface area contributed by atoms with Crippen LogP contribution in [0.1, 0.15) is 24.8 Å². The summed E-state index contributed by atoms with van der Waals surface area (Å²) in [5, 5.41) is 20.6. The molecule has 144 valence electrons. The van der Waals surface area contributed by atoms with Crippen LogP contribution in [0.15, 0.2) is 42.6 Å². The van der Waals surface area contributed by atoms with Crippen molar-refractivity contribution in [2.45, 2.75) is 37.5 Å². The number of rotatable bonds is 5. The summed E-state index contributed by atoms with van der Waals surface area (Å²) >= 11 is 0. The van der Waals surface area contributed by atoms with E-state index in [-0.39, 0.29) is 24.2 Å². The van der Waals surface area contributed by atoms with Crippen molar-refractivity contribution in [2.75, 3.05) is 6.61 Å². The predicted molar refractivity (Wildman–Crippen MR) is 101 cm³/mol. The van der Waals surface area contributed by atoms with Gasteiger partial charge in [0.2, 0.25) is 0 Å². The topological polar surface area (TPSA) is 104 Å². The minimum absolute atomic E-state index is 0.00489. The highest BCUT2D eigenvalue weighted by molar-refractivity contribution is 5.65. The molecule has 1 aromatic carbocycles. The van der Waals surface area contributed by atoms with Gasteiger partial charge in [-0.05, 0) is 55.7 Å². The van der Waals surface area contributed by atoms with Crippen molar-refractivity contribution >= 4 is 6.09 Å². The Morgan fingerprint density at radius 2 is 2.11 bits per heavy atom. The molecule has 2 aliphatic heterocycles. The number of carbonyl (C=O) groups is 1. The van der Waals surface area contributed by atoms with Gasteiger partial charge in [0.1, 0.15) is 11.8 Å². The second kappa shape index (κ2) is 7.87. The molecule has 2 aliphatic rings. The molecule has 28 heavy (non-hydrogen) atoms. The van der Waals surface area contributed by atoms with Crippen LogP contribution < -0.4 is 10.1 Å².